The van der Waals surface area contributed by atoms with Gasteiger partial charge in [0.05, 0.1) is 11.6 Å². The molecule has 0 spiro atoms. The van der Waals surface area contributed by atoms with Crippen molar-refractivity contribution < 1.29 is 31.1 Å². The van der Waals surface area contributed by atoms with Crippen molar-refractivity contribution in [3.8, 4) is 5.75 Å². The van der Waals surface area contributed by atoms with E-state index < -0.39 is 42.6 Å². The summed E-state index contributed by atoms with van der Waals surface area (Å²) in [6.45, 7) is 2.56. The van der Waals surface area contributed by atoms with Crippen molar-refractivity contribution in [1.82, 2.24) is 0 Å². The number of ether oxygens (including phenoxy) is 1. The quantitative estimate of drug-likeness (QED) is 0.234. The lowest BCUT2D eigenvalue weighted by atomic mass is 10.3. The second-order valence-electron chi connectivity index (χ2n) is 5.58. The molecule has 0 saturated heterocycles. The largest absolute Gasteiger partial charge is 0.490 e. The molecule has 0 N–H and O–H groups in total. The van der Waals surface area contributed by atoms with Gasteiger partial charge < -0.3 is 9.16 Å². The molecule has 25 heavy (non-hydrogen) atoms. The van der Waals surface area contributed by atoms with Gasteiger partial charge in [-0.1, -0.05) is 23.7 Å². The third-order valence-corrected chi connectivity index (χ3v) is 6.33. The second-order valence-corrected chi connectivity index (χ2v) is 9.80. The minimum Gasteiger partial charge on any atom is -0.490 e. The van der Waals surface area contributed by atoms with Gasteiger partial charge in [0.1, 0.15) is 12.4 Å². The Morgan fingerprint density at radius 3 is 1.92 bits per heavy atom. The molecular formula is C16H14ClF5O2Si. The van der Waals surface area contributed by atoms with E-state index in [4.69, 9.17) is 20.8 Å². The number of hydrogen-bond acceptors (Lipinski definition) is 2. The van der Waals surface area contributed by atoms with Gasteiger partial charge in [-0.3, -0.25) is 0 Å². The molecule has 0 aliphatic heterocycles. The van der Waals surface area contributed by atoms with Crippen molar-refractivity contribution in [2.75, 3.05) is 13.2 Å². The van der Waals surface area contributed by atoms with E-state index in [9.17, 15) is 22.0 Å². The number of hydrogen-bond donors (Lipinski definition) is 0. The lowest BCUT2D eigenvalue weighted by Crippen LogP contribution is -2.50. The van der Waals surface area contributed by atoms with Crippen LogP contribution in [0.3, 0.4) is 0 Å². The maximum absolute atomic E-state index is 13.9. The Labute approximate surface area is 147 Å². The Bertz CT molecular complexity index is 756. The first-order valence-corrected chi connectivity index (χ1v) is 10.5. The van der Waals surface area contributed by atoms with Gasteiger partial charge in [-0.15, -0.1) is 0 Å². The van der Waals surface area contributed by atoms with Crippen LogP contribution < -0.4 is 9.92 Å². The van der Waals surface area contributed by atoms with Crippen LogP contribution >= 0.6 is 11.6 Å². The zero-order valence-electron chi connectivity index (χ0n) is 13.3. The molecule has 0 unspecified atom stereocenters. The standard InChI is InChI=1S/C16H14ClF5O2Si/c1-25(2,16-14(21)12(19)11(18)13(20)15(16)22)24-8-7-23-10-6-4-3-5-9(10)17/h3-6H,7-8H2,1-2H3. The zero-order valence-corrected chi connectivity index (χ0v) is 15.1. The lowest BCUT2D eigenvalue weighted by molar-refractivity contribution is 0.214. The molecule has 0 aliphatic carbocycles. The van der Waals surface area contributed by atoms with E-state index in [0.29, 0.717) is 10.8 Å². The van der Waals surface area contributed by atoms with Crippen molar-refractivity contribution in [2.45, 2.75) is 13.1 Å². The van der Waals surface area contributed by atoms with Gasteiger partial charge in [0.15, 0.2) is 23.3 Å². The smallest absolute Gasteiger partial charge is 0.224 e. The normalized spacial score (nSPS) is 11.7. The maximum Gasteiger partial charge on any atom is 0.224 e. The molecule has 9 heteroatoms. The van der Waals surface area contributed by atoms with Crippen LogP contribution in [-0.2, 0) is 4.43 Å². The topological polar surface area (TPSA) is 18.5 Å². The van der Waals surface area contributed by atoms with E-state index in [1.165, 1.54) is 13.1 Å². The van der Waals surface area contributed by atoms with E-state index in [0.717, 1.165) is 0 Å². The highest BCUT2D eigenvalue weighted by molar-refractivity contribution is 6.84. The fourth-order valence-corrected chi connectivity index (χ4v) is 4.42. The summed E-state index contributed by atoms with van der Waals surface area (Å²) in [6.07, 6.45) is 0. The summed E-state index contributed by atoms with van der Waals surface area (Å²) in [6, 6.07) is 6.65. The van der Waals surface area contributed by atoms with Gasteiger partial charge in [-0.2, -0.15) is 0 Å². The van der Waals surface area contributed by atoms with E-state index in [1.807, 2.05) is 0 Å². The van der Waals surface area contributed by atoms with Crippen molar-refractivity contribution in [2.24, 2.45) is 0 Å². The van der Waals surface area contributed by atoms with Crippen LogP contribution in [0.1, 0.15) is 0 Å². The first-order chi connectivity index (χ1) is 11.7. The fraction of sp³-hybridized carbons (Fsp3) is 0.250. The predicted molar refractivity (Wildman–Crippen MR) is 86.2 cm³/mol. The van der Waals surface area contributed by atoms with Crippen LogP contribution in [0.25, 0.3) is 0 Å². The molecule has 136 valence electrons. The Balaban J connectivity index is 2.11. The van der Waals surface area contributed by atoms with Crippen molar-refractivity contribution in [1.29, 1.82) is 0 Å². The van der Waals surface area contributed by atoms with Crippen molar-refractivity contribution in [3.05, 3.63) is 58.4 Å². The summed E-state index contributed by atoms with van der Waals surface area (Å²) < 4.78 is 78.4. The molecule has 0 heterocycles. The van der Waals surface area contributed by atoms with Gasteiger partial charge in [0, 0.05) is 5.19 Å². The predicted octanol–water partition coefficient (Wildman–Crippen LogP) is 4.54. The van der Waals surface area contributed by atoms with Gasteiger partial charge in [-0.05, 0) is 25.2 Å². The zero-order chi connectivity index (χ0) is 18.8. The number of rotatable bonds is 6. The molecular weight excluding hydrogens is 383 g/mol. The first-order valence-electron chi connectivity index (χ1n) is 7.20. The van der Waals surface area contributed by atoms with Crippen LogP contribution in [0.2, 0.25) is 18.1 Å². The van der Waals surface area contributed by atoms with E-state index in [1.54, 1.807) is 24.3 Å². The average molecular weight is 397 g/mol. The lowest BCUT2D eigenvalue weighted by Gasteiger charge is -2.25. The average Bonchev–Trinajstić information content (AvgIpc) is 2.56. The molecule has 2 aromatic carbocycles. The molecule has 2 rings (SSSR count). The highest BCUT2D eigenvalue weighted by Crippen LogP contribution is 2.23. The van der Waals surface area contributed by atoms with Crippen LogP contribution in [0.5, 0.6) is 5.75 Å². The second kappa shape index (κ2) is 7.71. The van der Waals surface area contributed by atoms with E-state index >= 15 is 0 Å². The number of halogens is 6. The summed E-state index contributed by atoms with van der Waals surface area (Å²) in [5.74, 6) is -9.48. The van der Waals surface area contributed by atoms with Gasteiger partial charge >= 0.3 is 0 Å². The molecule has 0 atom stereocenters. The molecule has 2 aromatic rings. The minimum atomic E-state index is -3.42. The highest BCUT2D eigenvalue weighted by Gasteiger charge is 2.38. The molecule has 0 fully saturated rings. The molecule has 0 bridgehead atoms. The highest BCUT2D eigenvalue weighted by atomic mass is 35.5. The van der Waals surface area contributed by atoms with Crippen LogP contribution in [0.15, 0.2) is 24.3 Å². The van der Waals surface area contributed by atoms with Crippen LogP contribution in [0.4, 0.5) is 22.0 Å². The molecule has 0 saturated carbocycles. The Morgan fingerprint density at radius 2 is 1.36 bits per heavy atom. The third kappa shape index (κ3) is 4.13. The van der Waals surface area contributed by atoms with Gasteiger partial charge in [0.2, 0.25) is 14.1 Å². The SMILES string of the molecule is C[Si](C)(OCCOc1ccccc1Cl)c1c(F)c(F)c(F)c(F)c1F. The van der Waals surface area contributed by atoms with Gasteiger partial charge in [0.25, 0.3) is 0 Å². The molecule has 0 radical (unpaired) electrons. The first kappa shape index (κ1) is 19.7. The van der Waals surface area contributed by atoms with E-state index in [2.05, 4.69) is 0 Å². The maximum atomic E-state index is 13.9. The number of benzene rings is 2. The fourth-order valence-electron chi connectivity index (χ4n) is 2.22. The monoisotopic (exact) mass is 396 g/mol. The van der Waals surface area contributed by atoms with Crippen LogP contribution in [0, 0.1) is 29.1 Å². The summed E-state index contributed by atoms with van der Waals surface area (Å²) in [4.78, 5) is 0. The molecule has 0 aromatic heterocycles. The van der Waals surface area contributed by atoms with Crippen molar-refractivity contribution >= 4 is 25.1 Å². The molecule has 2 nitrogen and oxygen atoms in total. The minimum absolute atomic E-state index is 0.00440. The molecule has 0 aliphatic rings. The summed E-state index contributed by atoms with van der Waals surface area (Å²) in [5.41, 5.74) is 0. The van der Waals surface area contributed by atoms with Crippen LogP contribution in [-0.4, -0.2) is 21.5 Å². The summed E-state index contributed by atoms with van der Waals surface area (Å²) in [5, 5.41) is -0.527. The summed E-state index contributed by atoms with van der Waals surface area (Å²) >= 11 is 5.91. The molecule has 0 amide bonds. The Morgan fingerprint density at radius 1 is 0.840 bits per heavy atom. The van der Waals surface area contributed by atoms with Gasteiger partial charge in [-0.25, -0.2) is 22.0 Å². The van der Waals surface area contributed by atoms with Crippen molar-refractivity contribution in [3.63, 3.8) is 0 Å². The Kier molecular flexibility index (Phi) is 6.07. The Hall–Kier alpha value is -1.64. The third-order valence-electron chi connectivity index (χ3n) is 3.45. The summed E-state index contributed by atoms with van der Waals surface area (Å²) in [7, 11) is -3.42. The number of para-hydroxylation sites is 1. The van der Waals surface area contributed by atoms with E-state index in [-0.39, 0.29) is 13.2 Å².